The molecule has 0 aliphatic carbocycles. The molecule has 98 valence electrons. The minimum absolute atomic E-state index is 0.205. The molecule has 3 aromatic rings. The molecule has 0 aromatic heterocycles. The Morgan fingerprint density at radius 2 is 1.40 bits per heavy atom. The maximum Gasteiger partial charge on any atom is 0.130 e. The lowest BCUT2D eigenvalue weighted by atomic mass is 10.0. The van der Waals surface area contributed by atoms with Crippen LogP contribution >= 0.6 is 0 Å². The molecule has 0 saturated carbocycles. The molecule has 3 aromatic carbocycles. The van der Waals surface area contributed by atoms with Gasteiger partial charge in [-0.05, 0) is 23.6 Å². The zero-order valence-electron chi connectivity index (χ0n) is 10.7. The largest absolute Gasteiger partial charge is 0.361 e. The van der Waals surface area contributed by atoms with Crippen molar-refractivity contribution in [3.05, 3.63) is 72.0 Å². The lowest BCUT2D eigenvalue weighted by Crippen LogP contribution is -2.24. The molecule has 0 fully saturated rings. The summed E-state index contributed by atoms with van der Waals surface area (Å²) in [5.74, 6) is -0.205. The Labute approximate surface area is 116 Å². The van der Waals surface area contributed by atoms with Gasteiger partial charge in [-0.15, -0.1) is 0 Å². The summed E-state index contributed by atoms with van der Waals surface area (Å²) in [5.41, 5.74) is 2.69. The smallest absolute Gasteiger partial charge is 0.130 e. The standard InChI is InChI=1S/C17H13FN2/c18-13-8-2-1-7-12(13)17-19-14-9-3-5-11-6-4-10-15(20-17)16(11)14/h1-10,17,19-20H. The maximum atomic E-state index is 14.0. The average molecular weight is 264 g/mol. The highest BCUT2D eigenvalue weighted by molar-refractivity contribution is 6.04. The topological polar surface area (TPSA) is 24.1 Å². The van der Waals surface area contributed by atoms with Crippen molar-refractivity contribution in [3.63, 3.8) is 0 Å². The van der Waals surface area contributed by atoms with Gasteiger partial charge in [0.15, 0.2) is 0 Å². The molecule has 1 aliphatic rings. The van der Waals surface area contributed by atoms with E-state index in [0.29, 0.717) is 5.56 Å². The van der Waals surface area contributed by atoms with E-state index in [9.17, 15) is 4.39 Å². The molecule has 0 amide bonds. The SMILES string of the molecule is Fc1ccccc1C1Nc2cccc3cccc(c23)N1. The van der Waals surface area contributed by atoms with Crippen molar-refractivity contribution in [1.82, 2.24) is 0 Å². The summed E-state index contributed by atoms with van der Waals surface area (Å²) in [5, 5.41) is 9.06. The van der Waals surface area contributed by atoms with E-state index in [0.717, 1.165) is 16.8 Å². The Kier molecular flexibility index (Phi) is 2.39. The first-order chi connectivity index (χ1) is 9.83. The highest BCUT2D eigenvalue weighted by Gasteiger charge is 2.21. The molecule has 2 N–H and O–H groups in total. The van der Waals surface area contributed by atoms with Gasteiger partial charge in [-0.2, -0.15) is 0 Å². The Morgan fingerprint density at radius 1 is 0.750 bits per heavy atom. The van der Waals surface area contributed by atoms with Crippen molar-refractivity contribution < 1.29 is 4.39 Å². The minimum atomic E-state index is -0.253. The van der Waals surface area contributed by atoms with Crippen molar-refractivity contribution in [1.29, 1.82) is 0 Å². The van der Waals surface area contributed by atoms with E-state index in [4.69, 9.17) is 0 Å². The van der Waals surface area contributed by atoms with Crippen LogP contribution in [0.25, 0.3) is 10.8 Å². The van der Waals surface area contributed by atoms with E-state index in [-0.39, 0.29) is 12.0 Å². The molecule has 0 atom stereocenters. The van der Waals surface area contributed by atoms with Crippen LogP contribution in [-0.4, -0.2) is 0 Å². The molecule has 0 saturated heterocycles. The summed E-state index contributed by atoms with van der Waals surface area (Å²) in [6.45, 7) is 0. The van der Waals surface area contributed by atoms with Gasteiger partial charge in [0.25, 0.3) is 0 Å². The molecule has 0 bridgehead atoms. The van der Waals surface area contributed by atoms with Crippen molar-refractivity contribution in [3.8, 4) is 0 Å². The zero-order chi connectivity index (χ0) is 13.5. The lowest BCUT2D eigenvalue weighted by Gasteiger charge is -2.29. The fourth-order valence-corrected chi connectivity index (χ4v) is 2.79. The third-order valence-corrected chi connectivity index (χ3v) is 3.72. The Bertz CT molecular complexity index is 757. The van der Waals surface area contributed by atoms with Gasteiger partial charge in [-0.3, -0.25) is 0 Å². The Hall–Kier alpha value is -2.55. The number of benzene rings is 3. The fraction of sp³-hybridized carbons (Fsp3) is 0.0588. The summed E-state index contributed by atoms with van der Waals surface area (Å²) >= 11 is 0. The van der Waals surface area contributed by atoms with Gasteiger partial charge in [0, 0.05) is 22.3 Å². The predicted octanol–water partition coefficient (Wildman–Crippen LogP) is 4.52. The molecule has 0 spiro atoms. The first kappa shape index (κ1) is 11.3. The second kappa shape index (κ2) is 4.23. The Morgan fingerprint density at radius 3 is 2.05 bits per heavy atom. The molecule has 4 rings (SSSR count). The van der Waals surface area contributed by atoms with Crippen LogP contribution in [0, 0.1) is 5.82 Å². The first-order valence-corrected chi connectivity index (χ1v) is 6.62. The van der Waals surface area contributed by atoms with Gasteiger partial charge in [0.1, 0.15) is 12.0 Å². The van der Waals surface area contributed by atoms with E-state index in [1.165, 1.54) is 11.5 Å². The molecule has 0 unspecified atom stereocenters. The van der Waals surface area contributed by atoms with Gasteiger partial charge in [0.05, 0.1) is 0 Å². The number of anilines is 2. The van der Waals surface area contributed by atoms with Crippen LogP contribution in [0.5, 0.6) is 0 Å². The number of rotatable bonds is 1. The van der Waals surface area contributed by atoms with Crippen LogP contribution in [0.4, 0.5) is 15.8 Å². The number of hydrogen-bond donors (Lipinski definition) is 2. The number of halogens is 1. The minimum Gasteiger partial charge on any atom is -0.361 e. The zero-order valence-corrected chi connectivity index (χ0v) is 10.7. The van der Waals surface area contributed by atoms with Crippen LogP contribution in [0.1, 0.15) is 11.7 Å². The van der Waals surface area contributed by atoms with E-state index in [1.54, 1.807) is 12.1 Å². The Balaban J connectivity index is 1.86. The normalized spacial score (nSPS) is 13.8. The summed E-state index contributed by atoms with van der Waals surface area (Å²) < 4.78 is 14.0. The second-order valence-electron chi connectivity index (χ2n) is 4.95. The van der Waals surface area contributed by atoms with Gasteiger partial charge in [0.2, 0.25) is 0 Å². The van der Waals surface area contributed by atoms with E-state index < -0.39 is 0 Å². The van der Waals surface area contributed by atoms with Crippen molar-refractivity contribution in [2.24, 2.45) is 0 Å². The van der Waals surface area contributed by atoms with Gasteiger partial charge in [-0.25, -0.2) is 4.39 Å². The summed E-state index contributed by atoms with van der Waals surface area (Å²) in [4.78, 5) is 0. The molecule has 1 heterocycles. The quantitative estimate of drug-likeness (QED) is 0.675. The van der Waals surface area contributed by atoms with Crippen LogP contribution in [0.2, 0.25) is 0 Å². The van der Waals surface area contributed by atoms with Crippen molar-refractivity contribution >= 4 is 22.1 Å². The van der Waals surface area contributed by atoms with Crippen LogP contribution in [-0.2, 0) is 0 Å². The summed E-state index contributed by atoms with van der Waals surface area (Å²) in [6, 6.07) is 19.1. The first-order valence-electron chi connectivity index (χ1n) is 6.62. The molecule has 1 aliphatic heterocycles. The van der Waals surface area contributed by atoms with Crippen LogP contribution in [0.15, 0.2) is 60.7 Å². The van der Waals surface area contributed by atoms with Gasteiger partial charge in [-0.1, -0.05) is 42.5 Å². The van der Waals surface area contributed by atoms with Crippen molar-refractivity contribution in [2.45, 2.75) is 6.17 Å². The summed E-state index contributed by atoms with van der Waals surface area (Å²) in [6.07, 6.45) is -0.253. The fourth-order valence-electron chi connectivity index (χ4n) is 2.79. The lowest BCUT2D eigenvalue weighted by molar-refractivity contribution is 0.602. The molecule has 0 radical (unpaired) electrons. The van der Waals surface area contributed by atoms with Crippen LogP contribution in [0.3, 0.4) is 0 Å². The number of nitrogens with one attached hydrogen (secondary N) is 2. The number of hydrogen-bond acceptors (Lipinski definition) is 2. The monoisotopic (exact) mass is 264 g/mol. The van der Waals surface area contributed by atoms with Gasteiger partial charge < -0.3 is 10.6 Å². The van der Waals surface area contributed by atoms with E-state index in [1.807, 2.05) is 30.3 Å². The highest BCUT2D eigenvalue weighted by Crippen LogP contribution is 2.38. The third kappa shape index (κ3) is 1.63. The molecular formula is C17H13FN2. The van der Waals surface area contributed by atoms with Crippen molar-refractivity contribution in [2.75, 3.05) is 10.6 Å². The molecular weight excluding hydrogens is 251 g/mol. The van der Waals surface area contributed by atoms with Gasteiger partial charge >= 0.3 is 0 Å². The second-order valence-corrected chi connectivity index (χ2v) is 4.95. The molecule has 3 heteroatoms. The molecule has 20 heavy (non-hydrogen) atoms. The predicted molar refractivity (Wildman–Crippen MR) is 80.3 cm³/mol. The maximum absolute atomic E-state index is 14.0. The highest BCUT2D eigenvalue weighted by atomic mass is 19.1. The summed E-state index contributed by atoms with van der Waals surface area (Å²) in [7, 11) is 0. The molecule has 2 nitrogen and oxygen atoms in total. The average Bonchev–Trinajstić information content (AvgIpc) is 2.48. The van der Waals surface area contributed by atoms with Crippen LogP contribution < -0.4 is 10.6 Å². The van der Waals surface area contributed by atoms with E-state index in [2.05, 4.69) is 22.8 Å². The van der Waals surface area contributed by atoms with E-state index >= 15 is 0 Å². The third-order valence-electron chi connectivity index (χ3n) is 3.72.